The standard InChI is InChI=1S/C13H13NO/c1-14-12-9-5-6-10-13(12)15-11-7-3-2-4-8-11/h2-10,14H,1H3. The zero-order valence-electron chi connectivity index (χ0n) is 8.60. The summed E-state index contributed by atoms with van der Waals surface area (Å²) in [6, 6.07) is 17.6. The van der Waals surface area contributed by atoms with Gasteiger partial charge in [-0.3, -0.25) is 0 Å². The molecule has 0 aliphatic carbocycles. The predicted octanol–water partition coefficient (Wildman–Crippen LogP) is 3.52. The molecular weight excluding hydrogens is 186 g/mol. The summed E-state index contributed by atoms with van der Waals surface area (Å²) in [6.45, 7) is 0. The Hall–Kier alpha value is -1.96. The van der Waals surface area contributed by atoms with E-state index in [9.17, 15) is 0 Å². The number of benzene rings is 2. The van der Waals surface area contributed by atoms with Gasteiger partial charge in [0.05, 0.1) is 5.69 Å². The van der Waals surface area contributed by atoms with Crippen LogP contribution in [0, 0.1) is 0 Å². The molecule has 0 saturated heterocycles. The van der Waals surface area contributed by atoms with Crippen LogP contribution in [0.1, 0.15) is 0 Å². The lowest BCUT2D eigenvalue weighted by atomic mass is 10.3. The van der Waals surface area contributed by atoms with E-state index in [0.717, 1.165) is 17.2 Å². The first-order valence-electron chi connectivity index (χ1n) is 4.90. The summed E-state index contributed by atoms with van der Waals surface area (Å²) < 4.78 is 5.74. The minimum absolute atomic E-state index is 0.839. The Labute approximate surface area is 89.5 Å². The first kappa shape index (κ1) is 9.59. The average Bonchev–Trinajstić information content (AvgIpc) is 2.31. The van der Waals surface area contributed by atoms with Gasteiger partial charge in [-0.15, -0.1) is 0 Å². The molecule has 0 bridgehead atoms. The van der Waals surface area contributed by atoms with E-state index in [1.54, 1.807) is 0 Å². The van der Waals surface area contributed by atoms with Gasteiger partial charge in [0.15, 0.2) is 0 Å². The highest BCUT2D eigenvalue weighted by Gasteiger charge is 2.00. The van der Waals surface area contributed by atoms with Crippen LogP contribution in [0.2, 0.25) is 0 Å². The third-order valence-electron chi connectivity index (χ3n) is 2.13. The zero-order chi connectivity index (χ0) is 10.5. The molecule has 0 fully saturated rings. The maximum atomic E-state index is 5.74. The molecule has 0 atom stereocenters. The van der Waals surface area contributed by atoms with E-state index in [1.807, 2.05) is 61.6 Å². The maximum absolute atomic E-state index is 5.74. The molecule has 2 aromatic rings. The van der Waals surface area contributed by atoms with Crippen LogP contribution in [0.3, 0.4) is 0 Å². The maximum Gasteiger partial charge on any atom is 0.150 e. The third-order valence-corrected chi connectivity index (χ3v) is 2.13. The molecule has 2 heteroatoms. The molecule has 0 aromatic heterocycles. The minimum atomic E-state index is 0.839. The Bertz CT molecular complexity index is 426. The number of hydrogen-bond acceptors (Lipinski definition) is 2. The van der Waals surface area contributed by atoms with Crippen molar-refractivity contribution in [1.29, 1.82) is 0 Å². The molecule has 0 saturated carbocycles. The molecule has 0 spiro atoms. The van der Waals surface area contributed by atoms with E-state index in [0.29, 0.717) is 0 Å². The smallest absolute Gasteiger partial charge is 0.150 e. The van der Waals surface area contributed by atoms with Gasteiger partial charge >= 0.3 is 0 Å². The van der Waals surface area contributed by atoms with Crippen LogP contribution in [-0.4, -0.2) is 7.05 Å². The molecule has 0 heterocycles. The number of rotatable bonds is 3. The first-order valence-corrected chi connectivity index (χ1v) is 4.90. The quantitative estimate of drug-likeness (QED) is 0.816. The van der Waals surface area contributed by atoms with Crippen molar-refractivity contribution in [3.63, 3.8) is 0 Å². The molecule has 0 aliphatic heterocycles. The van der Waals surface area contributed by atoms with E-state index >= 15 is 0 Å². The van der Waals surface area contributed by atoms with Gasteiger partial charge in [0.25, 0.3) is 0 Å². The highest BCUT2D eigenvalue weighted by Crippen LogP contribution is 2.28. The zero-order valence-corrected chi connectivity index (χ0v) is 8.60. The number of nitrogens with one attached hydrogen (secondary N) is 1. The van der Waals surface area contributed by atoms with Crippen molar-refractivity contribution < 1.29 is 4.74 Å². The molecule has 2 nitrogen and oxygen atoms in total. The number of hydrogen-bond donors (Lipinski definition) is 1. The van der Waals surface area contributed by atoms with E-state index < -0.39 is 0 Å². The van der Waals surface area contributed by atoms with Gasteiger partial charge in [-0.05, 0) is 24.3 Å². The van der Waals surface area contributed by atoms with Crippen LogP contribution in [-0.2, 0) is 0 Å². The molecule has 76 valence electrons. The molecule has 1 N–H and O–H groups in total. The van der Waals surface area contributed by atoms with Crippen LogP contribution in [0.4, 0.5) is 5.69 Å². The number of ether oxygens (including phenoxy) is 1. The van der Waals surface area contributed by atoms with E-state index in [4.69, 9.17) is 4.74 Å². The second-order valence-electron chi connectivity index (χ2n) is 3.16. The fourth-order valence-electron chi connectivity index (χ4n) is 1.38. The normalized spacial score (nSPS) is 9.67. The summed E-state index contributed by atoms with van der Waals surface area (Å²) in [6.07, 6.45) is 0. The second-order valence-corrected chi connectivity index (χ2v) is 3.16. The van der Waals surface area contributed by atoms with E-state index in [-0.39, 0.29) is 0 Å². The van der Waals surface area contributed by atoms with Gasteiger partial charge in [-0.25, -0.2) is 0 Å². The van der Waals surface area contributed by atoms with Crippen molar-refractivity contribution in [3.05, 3.63) is 54.6 Å². The van der Waals surface area contributed by atoms with Crippen molar-refractivity contribution >= 4 is 5.69 Å². The van der Waals surface area contributed by atoms with Crippen molar-refractivity contribution in [3.8, 4) is 11.5 Å². The summed E-state index contributed by atoms with van der Waals surface area (Å²) in [4.78, 5) is 0. The van der Waals surface area contributed by atoms with Gasteiger partial charge in [-0.2, -0.15) is 0 Å². The molecular formula is C13H13NO. The van der Waals surface area contributed by atoms with Crippen LogP contribution >= 0.6 is 0 Å². The molecule has 0 radical (unpaired) electrons. The molecule has 0 aliphatic rings. The van der Waals surface area contributed by atoms with Crippen LogP contribution < -0.4 is 10.1 Å². The largest absolute Gasteiger partial charge is 0.455 e. The Kier molecular flexibility index (Phi) is 2.88. The molecule has 2 rings (SSSR count). The van der Waals surface area contributed by atoms with Crippen molar-refractivity contribution in [1.82, 2.24) is 0 Å². The Morgan fingerprint density at radius 2 is 1.53 bits per heavy atom. The summed E-state index contributed by atoms with van der Waals surface area (Å²) in [7, 11) is 1.88. The third kappa shape index (κ3) is 2.29. The minimum Gasteiger partial charge on any atom is -0.455 e. The number of anilines is 1. The number of para-hydroxylation sites is 3. The lowest BCUT2D eigenvalue weighted by Gasteiger charge is -2.09. The summed E-state index contributed by atoms with van der Waals surface area (Å²) in [5.41, 5.74) is 0.987. The van der Waals surface area contributed by atoms with Gasteiger partial charge < -0.3 is 10.1 Å². The van der Waals surface area contributed by atoms with Gasteiger partial charge in [0, 0.05) is 7.05 Å². The van der Waals surface area contributed by atoms with Gasteiger partial charge in [0.1, 0.15) is 11.5 Å². The van der Waals surface area contributed by atoms with Gasteiger partial charge in [0.2, 0.25) is 0 Å². The lowest BCUT2D eigenvalue weighted by Crippen LogP contribution is -1.92. The topological polar surface area (TPSA) is 21.3 Å². The van der Waals surface area contributed by atoms with Crippen molar-refractivity contribution in [2.24, 2.45) is 0 Å². The summed E-state index contributed by atoms with van der Waals surface area (Å²) in [5, 5.41) is 3.09. The second kappa shape index (κ2) is 4.51. The molecule has 0 unspecified atom stereocenters. The highest BCUT2D eigenvalue weighted by atomic mass is 16.5. The van der Waals surface area contributed by atoms with Crippen LogP contribution in [0.5, 0.6) is 11.5 Å². The SMILES string of the molecule is CNc1ccccc1Oc1ccccc1. The van der Waals surface area contributed by atoms with Crippen LogP contribution in [0.15, 0.2) is 54.6 Å². The summed E-state index contributed by atoms with van der Waals surface area (Å²) in [5.74, 6) is 1.69. The monoisotopic (exact) mass is 199 g/mol. The Balaban J connectivity index is 2.24. The summed E-state index contributed by atoms with van der Waals surface area (Å²) >= 11 is 0. The fourth-order valence-corrected chi connectivity index (χ4v) is 1.38. The first-order chi connectivity index (χ1) is 7.40. The van der Waals surface area contributed by atoms with Crippen LogP contribution in [0.25, 0.3) is 0 Å². The van der Waals surface area contributed by atoms with E-state index in [1.165, 1.54) is 0 Å². The molecule has 2 aromatic carbocycles. The molecule has 15 heavy (non-hydrogen) atoms. The van der Waals surface area contributed by atoms with E-state index in [2.05, 4.69) is 5.32 Å². The average molecular weight is 199 g/mol. The predicted molar refractivity (Wildman–Crippen MR) is 62.5 cm³/mol. The highest BCUT2D eigenvalue weighted by molar-refractivity contribution is 5.56. The lowest BCUT2D eigenvalue weighted by molar-refractivity contribution is 0.484. The van der Waals surface area contributed by atoms with Crippen molar-refractivity contribution in [2.45, 2.75) is 0 Å². The molecule has 0 amide bonds. The fraction of sp³-hybridized carbons (Fsp3) is 0.0769. The Morgan fingerprint density at radius 3 is 2.27 bits per heavy atom. The van der Waals surface area contributed by atoms with Crippen molar-refractivity contribution in [2.75, 3.05) is 12.4 Å². The Morgan fingerprint density at radius 1 is 0.867 bits per heavy atom. The van der Waals surface area contributed by atoms with Gasteiger partial charge in [-0.1, -0.05) is 30.3 Å².